The van der Waals surface area contributed by atoms with E-state index in [-0.39, 0.29) is 17.5 Å². The zero-order valence-corrected chi connectivity index (χ0v) is 16.0. The van der Waals surface area contributed by atoms with Gasteiger partial charge in [0.25, 0.3) is 0 Å². The van der Waals surface area contributed by atoms with Crippen molar-refractivity contribution in [3.63, 3.8) is 0 Å². The van der Waals surface area contributed by atoms with Crippen LogP contribution in [0.2, 0.25) is 0 Å². The van der Waals surface area contributed by atoms with Gasteiger partial charge in [0.15, 0.2) is 0 Å². The maximum atomic E-state index is 12.2. The molecule has 1 aliphatic rings. The molecule has 0 aliphatic heterocycles. The molecule has 0 amide bonds. The first-order chi connectivity index (χ1) is 12.5. The molecule has 2 rings (SSSR count). The number of nitrogens with one attached hydrogen (secondary N) is 1. The average molecular weight is 377 g/mol. The van der Waals surface area contributed by atoms with Gasteiger partial charge in [0.2, 0.25) is 10.0 Å². The van der Waals surface area contributed by atoms with E-state index in [2.05, 4.69) is 17.6 Å². The summed E-state index contributed by atoms with van der Waals surface area (Å²) in [6.07, 6.45) is 13.4. The van der Waals surface area contributed by atoms with Gasteiger partial charge in [0, 0.05) is 19.2 Å². The molecule has 0 unspecified atom stereocenters. The fourth-order valence-electron chi connectivity index (χ4n) is 2.49. The van der Waals surface area contributed by atoms with Gasteiger partial charge in [0.1, 0.15) is 0 Å². The summed E-state index contributed by atoms with van der Waals surface area (Å²) in [4.78, 5) is 0.247. The van der Waals surface area contributed by atoms with Crippen LogP contribution in [0.3, 0.4) is 0 Å². The molecule has 26 heavy (non-hydrogen) atoms. The van der Waals surface area contributed by atoms with Crippen molar-refractivity contribution in [2.45, 2.75) is 37.1 Å². The number of sulfonamides is 1. The molecule has 0 saturated heterocycles. The van der Waals surface area contributed by atoms with E-state index in [1.54, 1.807) is 24.3 Å². The van der Waals surface area contributed by atoms with Crippen molar-refractivity contribution < 1.29 is 13.2 Å². The van der Waals surface area contributed by atoms with Gasteiger partial charge in [-0.3, -0.25) is 0 Å². The molecule has 5 nitrogen and oxygen atoms in total. The molecule has 1 fully saturated rings. The number of hydrogen-bond acceptors (Lipinski definition) is 4. The lowest BCUT2D eigenvalue weighted by Gasteiger charge is -2.19. The number of hydrogen-bond donors (Lipinski definition) is 2. The number of rotatable bonds is 11. The van der Waals surface area contributed by atoms with Gasteiger partial charge in [-0.1, -0.05) is 24.1 Å². The molecule has 0 bridgehead atoms. The van der Waals surface area contributed by atoms with Gasteiger partial charge >= 0.3 is 0 Å². The van der Waals surface area contributed by atoms with Crippen LogP contribution in [0, 0.1) is 44.9 Å². The Hall–Kier alpha value is -0.950. The molecule has 1 atom stereocenters. The zero-order chi connectivity index (χ0) is 18.8. The van der Waals surface area contributed by atoms with Crippen molar-refractivity contribution in [1.29, 1.82) is 0 Å². The minimum absolute atomic E-state index is 0.153. The number of ether oxygens (including phenoxy) is 1. The smallest absolute Gasteiger partial charge is 0.240 e. The summed E-state index contributed by atoms with van der Waals surface area (Å²) < 4.78 is 32.5. The molecule has 1 aromatic carbocycles. The van der Waals surface area contributed by atoms with Gasteiger partial charge in [-0.15, -0.1) is 0 Å². The lowest BCUT2D eigenvalue weighted by atomic mass is 9.86. The van der Waals surface area contributed by atoms with Crippen LogP contribution in [0.5, 0.6) is 0 Å². The minimum Gasteiger partial charge on any atom is -0.380 e. The largest absolute Gasteiger partial charge is 0.380 e. The summed E-state index contributed by atoms with van der Waals surface area (Å²) in [5.74, 6) is 1.33. The molecule has 0 spiro atoms. The summed E-state index contributed by atoms with van der Waals surface area (Å²) >= 11 is 0. The normalized spacial score (nSPS) is 17.3. The van der Waals surface area contributed by atoms with Crippen LogP contribution in [-0.2, 0) is 14.8 Å². The summed E-state index contributed by atoms with van der Waals surface area (Å²) in [5.41, 5.74) is 6.95. The highest BCUT2D eigenvalue weighted by Gasteiger charge is 2.16. The van der Waals surface area contributed by atoms with Crippen LogP contribution in [-0.4, -0.2) is 34.2 Å². The highest BCUT2D eigenvalue weighted by atomic mass is 32.2. The number of unbranched alkanes of at least 4 members (excludes halogenated alkanes) is 1. The Balaban J connectivity index is 1.55. The van der Waals surface area contributed by atoms with Gasteiger partial charge in [-0.25, -0.2) is 13.1 Å². The molecule has 6 heteroatoms. The van der Waals surface area contributed by atoms with Crippen molar-refractivity contribution in [3.05, 3.63) is 67.9 Å². The molecule has 0 heterocycles. The van der Waals surface area contributed by atoms with Crippen molar-refractivity contribution in [2.24, 2.45) is 5.73 Å². The predicted molar refractivity (Wildman–Crippen MR) is 104 cm³/mol. The second kappa shape index (κ2) is 11.0. The Kier molecular flexibility index (Phi) is 9.05. The second-order valence-corrected chi connectivity index (χ2v) is 8.21. The minimum atomic E-state index is -3.53. The Morgan fingerprint density at radius 2 is 1.77 bits per heavy atom. The topological polar surface area (TPSA) is 81.4 Å². The Morgan fingerprint density at radius 1 is 1.08 bits per heavy atom. The van der Waals surface area contributed by atoms with Crippen molar-refractivity contribution in [1.82, 2.24) is 4.72 Å². The molecular formula is C20H28N2O3S. The van der Waals surface area contributed by atoms with E-state index in [9.17, 15) is 8.42 Å². The van der Waals surface area contributed by atoms with Gasteiger partial charge in [0.05, 0.1) is 11.5 Å². The van der Waals surface area contributed by atoms with E-state index < -0.39 is 10.0 Å². The first-order valence-corrected chi connectivity index (χ1v) is 10.4. The van der Waals surface area contributed by atoms with Gasteiger partial charge < -0.3 is 10.5 Å². The van der Waals surface area contributed by atoms with Crippen LogP contribution in [0.4, 0.5) is 0 Å². The monoisotopic (exact) mass is 376 g/mol. The molecule has 3 N–H and O–H groups in total. The van der Waals surface area contributed by atoms with E-state index >= 15 is 0 Å². The zero-order valence-electron chi connectivity index (χ0n) is 15.2. The Bertz CT molecular complexity index is 610. The van der Waals surface area contributed by atoms with Crippen molar-refractivity contribution in [3.8, 4) is 0 Å². The highest BCUT2D eigenvalue weighted by Crippen LogP contribution is 2.26. The third kappa shape index (κ3) is 7.74. The lowest BCUT2D eigenvalue weighted by molar-refractivity contribution is 0.118. The van der Waals surface area contributed by atoms with Crippen LogP contribution >= 0.6 is 0 Å². The third-order valence-electron chi connectivity index (χ3n) is 4.05. The summed E-state index contributed by atoms with van der Waals surface area (Å²) in [7, 11) is -3.53. The highest BCUT2D eigenvalue weighted by molar-refractivity contribution is 7.89. The van der Waals surface area contributed by atoms with E-state index in [4.69, 9.17) is 10.5 Å². The Labute approximate surface area is 158 Å². The fourth-order valence-corrected chi connectivity index (χ4v) is 3.58. The van der Waals surface area contributed by atoms with Crippen molar-refractivity contribution in [2.75, 3.05) is 19.8 Å². The fraction of sp³-hybridized carbons (Fsp3) is 0.400. The van der Waals surface area contributed by atoms with Gasteiger partial charge in [-0.2, -0.15) is 0 Å². The molecular weight excluding hydrogens is 348 g/mol. The van der Waals surface area contributed by atoms with Crippen LogP contribution in [0.1, 0.15) is 24.8 Å². The van der Waals surface area contributed by atoms with E-state index in [0.717, 1.165) is 24.8 Å². The van der Waals surface area contributed by atoms with Crippen LogP contribution < -0.4 is 10.5 Å². The first kappa shape index (κ1) is 21.4. The quantitative estimate of drug-likeness (QED) is 0.581. The first-order valence-electron chi connectivity index (χ1n) is 8.91. The summed E-state index contributed by atoms with van der Waals surface area (Å²) in [6, 6.07) is 6.35. The van der Waals surface area contributed by atoms with Crippen LogP contribution in [0.25, 0.3) is 0 Å². The maximum absolute atomic E-state index is 12.2. The molecule has 1 saturated carbocycles. The third-order valence-corrected chi connectivity index (χ3v) is 5.49. The van der Waals surface area contributed by atoms with E-state index in [1.165, 1.54) is 5.92 Å². The maximum Gasteiger partial charge on any atom is 0.240 e. The number of benzene rings is 1. The average Bonchev–Trinajstić information content (AvgIpc) is 2.64. The van der Waals surface area contributed by atoms with E-state index in [0.29, 0.717) is 13.2 Å². The number of nitrogens with two attached hydrogens (primary N) is 1. The molecule has 6 radical (unpaired) electrons. The predicted octanol–water partition coefficient (Wildman–Crippen LogP) is 2.40. The SMILES string of the molecule is Cc1ccc(S(=O)(=O)NC[C@@H](N)COCCCC[C]2[CH][CH][CH][CH][CH]2)cc1. The van der Waals surface area contributed by atoms with Crippen LogP contribution in [0.15, 0.2) is 29.2 Å². The number of aryl methyl sites for hydroxylation is 1. The standard InChI is InChI=1S/C20H28N2O3S/c1-17-10-12-20(13-11-17)26(23,24)22-15-19(21)16-25-14-6-5-9-18-7-3-2-4-8-18/h2-4,7-8,10-13,19,22H,5-6,9,14-16,21H2,1H3/t19-/m1/s1. The van der Waals surface area contributed by atoms with Gasteiger partial charge in [-0.05, 0) is 69.9 Å². The molecule has 142 valence electrons. The Morgan fingerprint density at radius 3 is 2.46 bits per heavy atom. The lowest BCUT2D eigenvalue weighted by Crippen LogP contribution is -2.40. The van der Waals surface area contributed by atoms with Crippen molar-refractivity contribution >= 4 is 10.0 Å². The van der Waals surface area contributed by atoms with E-state index in [1.807, 2.05) is 26.2 Å². The molecule has 0 aromatic heterocycles. The molecule has 1 aliphatic carbocycles. The summed E-state index contributed by atoms with van der Waals surface area (Å²) in [6.45, 7) is 3.03. The second-order valence-electron chi connectivity index (χ2n) is 6.44. The molecule has 1 aromatic rings. The summed E-state index contributed by atoms with van der Waals surface area (Å²) in [5, 5.41) is 0.